The smallest absolute Gasteiger partial charge is 0.310 e. The van der Waals surface area contributed by atoms with E-state index >= 15 is 0 Å². The lowest BCUT2D eigenvalue weighted by Crippen LogP contribution is -2.33. The van der Waals surface area contributed by atoms with Crippen LogP contribution < -0.4 is 10.1 Å². The molecule has 2 aliphatic rings. The Morgan fingerprint density at radius 1 is 1.27 bits per heavy atom. The highest BCUT2D eigenvalue weighted by molar-refractivity contribution is 5.72. The second kappa shape index (κ2) is 11.1. The Labute approximate surface area is 177 Å². The van der Waals surface area contributed by atoms with E-state index in [4.69, 9.17) is 9.47 Å². The Kier molecular flexibility index (Phi) is 8.24. The van der Waals surface area contributed by atoms with Crippen LogP contribution in [0.25, 0.3) is 0 Å². The van der Waals surface area contributed by atoms with Crippen molar-refractivity contribution in [2.75, 3.05) is 45.2 Å². The van der Waals surface area contributed by atoms with Crippen LogP contribution in [0.1, 0.15) is 44.9 Å². The van der Waals surface area contributed by atoms with Crippen LogP contribution in [0.2, 0.25) is 0 Å². The highest BCUT2D eigenvalue weighted by atomic mass is 16.6. The number of esters is 1. The van der Waals surface area contributed by atoms with Gasteiger partial charge in [-0.05, 0) is 57.5 Å². The van der Waals surface area contributed by atoms with E-state index in [-0.39, 0.29) is 17.6 Å². The maximum Gasteiger partial charge on any atom is 0.310 e. The van der Waals surface area contributed by atoms with Crippen molar-refractivity contribution in [3.63, 3.8) is 0 Å². The molecular formula is C21H32N4O5. The van der Waals surface area contributed by atoms with Crippen LogP contribution in [0.5, 0.6) is 5.88 Å². The van der Waals surface area contributed by atoms with Crippen molar-refractivity contribution >= 4 is 17.3 Å². The number of carbonyl (C=O) groups is 1. The zero-order chi connectivity index (χ0) is 21.3. The van der Waals surface area contributed by atoms with Crippen LogP contribution in [0.3, 0.4) is 0 Å². The molecule has 1 saturated carbocycles. The fourth-order valence-corrected chi connectivity index (χ4v) is 4.28. The first-order valence-electron chi connectivity index (χ1n) is 10.9. The lowest BCUT2D eigenvalue weighted by Gasteiger charge is -2.27. The number of methoxy groups -OCH3 is 1. The van der Waals surface area contributed by atoms with Gasteiger partial charge in [-0.25, -0.2) is 4.98 Å². The largest absolute Gasteiger partial charge is 0.476 e. The van der Waals surface area contributed by atoms with E-state index in [0.717, 1.165) is 45.3 Å². The first-order chi connectivity index (χ1) is 14.6. The molecule has 0 amide bonds. The molecule has 2 heterocycles. The van der Waals surface area contributed by atoms with Crippen LogP contribution in [-0.2, 0) is 9.53 Å². The molecule has 2 fully saturated rings. The van der Waals surface area contributed by atoms with Gasteiger partial charge in [0.25, 0.3) is 0 Å². The molecule has 166 valence electrons. The lowest BCUT2D eigenvalue weighted by molar-refractivity contribution is -0.384. The van der Waals surface area contributed by atoms with Gasteiger partial charge in [-0.3, -0.25) is 19.8 Å². The zero-order valence-electron chi connectivity index (χ0n) is 17.7. The van der Waals surface area contributed by atoms with Gasteiger partial charge in [-0.15, -0.1) is 0 Å². The minimum Gasteiger partial charge on any atom is -0.476 e. The Morgan fingerprint density at radius 3 is 2.67 bits per heavy atom. The summed E-state index contributed by atoms with van der Waals surface area (Å²) in [5.74, 6) is 0.593. The Balaban J connectivity index is 1.51. The molecule has 1 saturated heterocycles. The molecule has 0 radical (unpaired) electrons. The zero-order valence-corrected chi connectivity index (χ0v) is 17.7. The van der Waals surface area contributed by atoms with Crippen molar-refractivity contribution < 1.29 is 19.2 Å². The Bertz CT molecular complexity index is 715. The van der Waals surface area contributed by atoms with Crippen LogP contribution in [0.4, 0.5) is 11.4 Å². The van der Waals surface area contributed by atoms with Crippen LogP contribution in [0.15, 0.2) is 12.3 Å². The Morgan fingerprint density at radius 2 is 2.00 bits per heavy atom. The summed E-state index contributed by atoms with van der Waals surface area (Å²) in [6.45, 7) is 4.17. The summed E-state index contributed by atoms with van der Waals surface area (Å²) < 4.78 is 10.6. The van der Waals surface area contributed by atoms with Crippen molar-refractivity contribution in [3.05, 3.63) is 22.4 Å². The van der Waals surface area contributed by atoms with E-state index in [9.17, 15) is 14.9 Å². The third kappa shape index (κ3) is 6.29. The molecule has 1 aromatic rings. The highest BCUT2D eigenvalue weighted by Gasteiger charge is 2.27. The van der Waals surface area contributed by atoms with Crippen LogP contribution in [-0.4, -0.2) is 60.7 Å². The summed E-state index contributed by atoms with van der Waals surface area (Å²) in [7, 11) is 1.42. The summed E-state index contributed by atoms with van der Waals surface area (Å²) in [5.41, 5.74) is 0.375. The van der Waals surface area contributed by atoms with Gasteiger partial charge in [-0.2, -0.15) is 0 Å². The molecule has 0 aromatic carbocycles. The van der Waals surface area contributed by atoms with Crippen molar-refractivity contribution in [1.29, 1.82) is 0 Å². The van der Waals surface area contributed by atoms with Gasteiger partial charge in [-0.1, -0.05) is 6.42 Å². The second-order valence-electron chi connectivity index (χ2n) is 8.17. The quantitative estimate of drug-likeness (QED) is 0.369. The van der Waals surface area contributed by atoms with E-state index in [1.807, 2.05) is 0 Å². The number of likely N-dealkylation sites (tertiary alicyclic amines) is 1. The van der Waals surface area contributed by atoms with Gasteiger partial charge in [0, 0.05) is 19.2 Å². The molecule has 1 aliphatic carbocycles. The molecule has 0 atom stereocenters. The molecule has 1 N–H and O–H groups in total. The van der Waals surface area contributed by atoms with Gasteiger partial charge in [0.1, 0.15) is 18.5 Å². The number of nitrogens with one attached hydrogen (secondary N) is 1. The van der Waals surface area contributed by atoms with E-state index in [1.165, 1.54) is 32.6 Å². The highest BCUT2D eigenvalue weighted by Crippen LogP contribution is 2.32. The minimum absolute atomic E-state index is 0.0265. The van der Waals surface area contributed by atoms with Gasteiger partial charge < -0.3 is 14.8 Å². The van der Waals surface area contributed by atoms with Gasteiger partial charge in [0.15, 0.2) is 0 Å². The monoisotopic (exact) mass is 420 g/mol. The number of carbonyl (C=O) groups excluding carboxylic acids is 1. The number of hydrogen-bond acceptors (Lipinski definition) is 8. The number of rotatable bonds is 9. The summed E-state index contributed by atoms with van der Waals surface area (Å²) >= 11 is 0. The number of pyridine rings is 1. The third-order valence-electron chi connectivity index (χ3n) is 6.12. The molecule has 1 aliphatic heterocycles. The van der Waals surface area contributed by atoms with Gasteiger partial charge in [0.2, 0.25) is 5.88 Å². The summed E-state index contributed by atoms with van der Waals surface area (Å²) in [4.78, 5) is 29.1. The summed E-state index contributed by atoms with van der Waals surface area (Å²) in [5, 5.41) is 14.6. The SMILES string of the molecule is COC(=O)C1CCC(CNc2cc(OCCN3CCCCC3)ncc2[N+](=O)[O-])CC1. The van der Waals surface area contributed by atoms with Crippen molar-refractivity contribution in [1.82, 2.24) is 9.88 Å². The molecule has 0 unspecified atom stereocenters. The molecule has 1 aromatic heterocycles. The van der Waals surface area contributed by atoms with Crippen molar-refractivity contribution in [2.45, 2.75) is 44.9 Å². The van der Waals surface area contributed by atoms with Crippen LogP contribution >= 0.6 is 0 Å². The second-order valence-corrected chi connectivity index (χ2v) is 8.17. The van der Waals surface area contributed by atoms with Crippen molar-refractivity contribution in [2.24, 2.45) is 11.8 Å². The molecular weight excluding hydrogens is 388 g/mol. The van der Waals surface area contributed by atoms with Gasteiger partial charge >= 0.3 is 11.7 Å². The molecule has 9 heteroatoms. The molecule has 30 heavy (non-hydrogen) atoms. The molecule has 3 rings (SSSR count). The number of nitro groups is 1. The van der Waals surface area contributed by atoms with E-state index in [0.29, 0.717) is 30.6 Å². The predicted octanol–water partition coefficient (Wildman–Crippen LogP) is 3.25. The maximum atomic E-state index is 11.7. The number of ether oxygens (including phenoxy) is 2. The third-order valence-corrected chi connectivity index (χ3v) is 6.12. The average molecular weight is 421 g/mol. The Hall–Kier alpha value is -2.42. The van der Waals surface area contributed by atoms with E-state index in [2.05, 4.69) is 15.2 Å². The number of piperidine rings is 1. The topological polar surface area (TPSA) is 107 Å². The van der Waals surface area contributed by atoms with Crippen molar-refractivity contribution in [3.8, 4) is 5.88 Å². The number of aromatic nitrogens is 1. The van der Waals surface area contributed by atoms with Gasteiger partial charge in [0.05, 0.1) is 18.0 Å². The number of anilines is 1. The first kappa shape index (κ1) is 22.3. The van der Waals surface area contributed by atoms with E-state index in [1.54, 1.807) is 6.07 Å². The fourth-order valence-electron chi connectivity index (χ4n) is 4.28. The molecule has 0 spiro atoms. The summed E-state index contributed by atoms with van der Waals surface area (Å²) in [6.07, 6.45) is 8.38. The van der Waals surface area contributed by atoms with E-state index < -0.39 is 4.92 Å². The van der Waals surface area contributed by atoms with Crippen LogP contribution in [0, 0.1) is 22.0 Å². The minimum atomic E-state index is -0.430. The molecule has 0 bridgehead atoms. The molecule has 9 nitrogen and oxygen atoms in total. The maximum absolute atomic E-state index is 11.7. The lowest BCUT2D eigenvalue weighted by atomic mass is 9.82. The fraction of sp³-hybridized carbons (Fsp3) is 0.714. The number of nitrogens with zero attached hydrogens (tertiary/aromatic N) is 3. The average Bonchev–Trinajstić information content (AvgIpc) is 2.78. The summed E-state index contributed by atoms with van der Waals surface area (Å²) in [6, 6.07) is 1.62. The standard InChI is InChI=1S/C21H32N4O5/c1-29-21(26)17-7-5-16(6-8-17)14-22-18-13-20(23-15-19(18)25(27)28)30-12-11-24-9-3-2-4-10-24/h13,15-17H,2-12,14H2,1H3,(H,22,23). The number of hydrogen-bond donors (Lipinski definition) is 1. The normalized spacial score (nSPS) is 22.3. The first-order valence-corrected chi connectivity index (χ1v) is 10.9. The predicted molar refractivity (Wildman–Crippen MR) is 113 cm³/mol.